The minimum atomic E-state index is -5.17. The van der Waals surface area contributed by atoms with E-state index in [9.17, 15) is 0 Å². The molecule has 0 amide bonds. The molecule has 2 fully saturated rings. The van der Waals surface area contributed by atoms with E-state index in [1.165, 1.54) is 0 Å². The number of nitrogens with zero attached hydrogens (tertiary/aromatic N) is 6. The molecule has 224 valence electrons. The summed E-state index contributed by atoms with van der Waals surface area (Å²) in [5.74, 6) is 2.34. The number of rotatable bonds is 6. The lowest BCUT2D eigenvalue weighted by Crippen LogP contribution is -2.36. The summed E-state index contributed by atoms with van der Waals surface area (Å²) in [6.45, 7) is 5.97. The third kappa shape index (κ3) is 10.1. The highest BCUT2D eigenvalue weighted by molar-refractivity contribution is 7.79. The van der Waals surface area contributed by atoms with Gasteiger partial charge >= 0.3 is 11.4 Å². The molecule has 2 aromatic carbocycles. The molecular formula is C24H32N6O10S. The molecule has 0 aromatic heterocycles. The summed E-state index contributed by atoms with van der Waals surface area (Å²) >= 11 is 0. The van der Waals surface area contributed by atoms with Crippen LogP contribution in [0.25, 0.3) is 9.95 Å². The smallest absolute Gasteiger partial charge is 0.430 e. The third-order valence-electron chi connectivity index (χ3n) is 5.88. The van der Waals surface area contributed by atoms with Crippen LogP contribution in [0.15, 0.2) is 24.3 Å². The number of morpholine rings is 2. The predicted octanol–water partition coefficient (Wildman–Crippen LogP) is 2.71. The minimum absolute atomic E-state index is 0.353. The van der Waals surface area contributed by atoms with Crippen molar-refractivity contribution in [3.8, 4) is 23.0 Å². The van der Waals surface area contributed by atoms with E-state index in [4.69, 9.17) is 56.7 Å². The summed E-state index contributed by atoms with van der Waals surface area (Å²) < 4.78 is 65.8. The molecule has 0 unspecified atom stereocenters. The van der Waals surface area contributed by atoms with Gasteiger partial charge in [0.15, 0.2) is 21.5 Å². The molecular weight excluding hydrogens is 564 g/mol. The molecule has 2 aliphatic heterocycles. The normalized spacial score (nSPS) is 14.6. The van der Waals surface area contributed by atoms with Crippen LogP contribution in [-0.2, 0) is 19.9 Å². The average molecular weight is 597 g/mol. The Balaban J connectivity index is 0.000000247. The van der Waals surface area contributed by atoms with Gasteiger partial charge in [-0.3, -0.25) is 8.42 Å². The Morgan fingerprint density at radius 1 is 0.659 bits per heavy atom. The Hall–Kier alpha value is -4.13. The molecule has 4 rings (SSSR count). The number of anilines is 2. The molecule has 0 saturated carbocycles. The quantitative estimate of drug-likeness (QED) is 0.268. The van der Waals surface area contributed by atoms with E-state index >= 15 is 0 Å². The molecule has 0 atom stereocenters. The van der Waals surface area contributed by atoms with Crippen LogP contribution in [0.1, 0.15) is 0 Å². The lowest BCUT2D eigenvalue weighted by molar-refractivity contribution is 0.122. The maximum Gasteiger partial charge on any atom is 0.430 e. The van der Waals surface area contributed by atoms with Gasteiger partial charge in [0.2, 0.25) is 22.3 Å². The van der Waals surface area contributed by atoms with Gasteiger partial charge in [-0.25, -0.2) is 0 Å². The van der Waals surface area contributed by atoms with Crippen LogP contribution in [0.4, 0.5) is 22.7 Å². The fraction of sp³-hybridized carbons (Fsp3) is 0.500. The van der Waals surface area contributed by atoms with Crippen LogP contribution in [0.5, 0.6) is 23.0 Å². The summed E-state index contributed by atoms with van der Waals surface area (Å²) in [6.07, 6.45) is 0. The standard InChI is InChI=1S/2C12H16N3O3.H2O4S/c2*1-16-11-8-10(15-3-5-18-6-4-15)12(17-2)7-9(11)14-13;1-5(2,3)4/h2*7-8H,3-6H2,1-2H3;(H2,1,2,3,4)/q2*+1;/p-2. The van der Waals surface area contributed by atoms with Crippen LogP contribution in [0.3, 0.4) is 0 Å². The number of diazo groups is 2. The van der Waals surface area contributed by atoms with E-state index < -0.39 is 10.4 Å². The zero-order valence-corrected chi connectivity index (χ0v) is 24.0. The van der Waals surface area contributed by atoms with E-state index in [-0.39, 0.29) is 0 Å². The van der Waals surface area contributed by atoms with Crippen molar-refractivity contribution in [2.24, 2.45) is 0 Å². The van der Waals surface area contributed by atoms with Crippen LogP contribution < -0.4 is 28.7 Å². The Labute approximate surface area is 238 Å². The Bertz CT molecular complexity index is 1240. The number of ether oxygens (including phenoxy) is 6. The highest BCUT2D eigenvalue weighted by Gasteiger charge is 2.25. The van der Waals surface area contributed by atoms with E-state index in [0.29, 0.717) is 60.8 Å². The van der Waals surface area contributed by atoms with Crippen LogP contribution in [-0.4, -0.2) is 98.6 Å². The lowest BCUT2D eigenvalue weighted by Gasteiger charge is -2.29. The number of methoxy groups -OCH3 is 4. The SMILES string of the molecule is COc1cc(N2CCOCC2)c(OC)cc1[N+]#N.COc1cc(N2CCOCC2)c(OC)cc1[N+]#N.O=S(=O)([O-])[O-]. The molecule has 2 aromatic rings. The number of hydrogen-bond acceptors (Lipinski definition) is 14. The first-order valence-electron chi connectivity index (χ1n) is 12.1. The largest absolute Gasteiger partial charge is 0.759 e. The van der Waals surface area contributed by atoms with Crippen molar-refractivity contribution in [3.05, 3.63) is 34.2 Å². The van der Waals surface area contributed by atoms with Gasteiger partial charge in [0.1, 0.15) is 0 Å². The van der Waals surface area contributed by atoms with Gasteiger partial charge in [-0.15, -0.1) is 0 Å². The zero-order valence-electron chi connectivity index (χ0n) is 23.1. The summed E-state index contributed by atoms with van der Waals surface area (Å²) in [7, 11) is 1.10. The highest BCUT2D eigenvalue weighted by atomic mass is 32.3. The third-order valence-corrected chi connectivity index (χ3v) is 5.88. The second-order valence-corrected chi connectivity index (χ2v) is 9.02. The maximum absolute atomic E-state index is 8.93. The zero-order chi connectivity index (χ0) is 30.4. The molecule has 0 bridgehead atoms. The van der Waals surface area contributed by atoms with Crippen molar-refractivity contribution in [3.63, 3.8) is 0 Å². The van der Waals surface area contributed by atoms with Crippen molar-refractivity contribution in [1.29, 1.82) is 10.8 Å². The van der Waals surface area contributed by atoms with Gasteiger partial charge in [-0.1, -0.05) is 0 Å². The van der Waals surface area contributed by atoms with Gasteiger partial charge in [0, 0.05) is 48.7 Å². The fourth-order valence-corrected chi connectivity index (χ4v) is 3.99. The monoisotopic (exact) mass is 596 g/mol. The van der Waals surface area contributed by atoms with Crippen molar-refractivity contribution in [1.82, 2.24) is 0 Å². The predicted molar refractivity (Wildman–Crippen MR) is 145 cm³/mol. The van der Waals surface area contributed by atoms with Crippen LogP contribution in [0.2, 0.25) is 0 Å². The number of hydrogen-bond donors (Lipinski definition) is 0. The van der Waals surface area contributed by atoms with Crippen molar-refractivity contribution in [2.75, 3.05) is 90.8 Å². The molecule has 2 saturated heterocycles. The van der Waals surface area contributed by atoms with Crippen molar-refractivity contribution < 1.29 is 45.9 Å². The lowest BCUT2D eigenvalue weighted by atomic mass is 10.2. The van der Waals surface area contributed by atoms with Gasteiger partial charge in [0.25, 0.3) is 0 Å². The van der Waals surface area contributed by atoms with E-state index in [1.807, 2.05) is 12.1 Å². The number of benzene rings is 2. The summed E-state index contributed by atoms with van der Waals surface area (Å²) in [5, 5.41) is 17.9. The Kier molecular flexibility index (Phi) is 13.1. The first-order valence-corrected chi connectivity index (χ1v) is 13.5. The van der Waals surface area contributed by atoms with Crippen LogP contribution in [0, 0.1) is 10.8 Å². The molecule has 0 aliphatic carbocycles. The van der Waals surface area contributed by atoms with E-state index in [1.54, 1.807) is 40.6 Å². The van der Waals surface area contributed by atoms with Gasteiger partial charge < -0.3 is 47.3 Å². The molecule has 2 heterocycles. The Morgan fingerprint density at radius 2 is 0.951 bits per heavy atom. The second-order valence-electron chi connectivity index (χ2n) is 8.20. The van der Waals surface area contributed by atoms with Crippen LogP contribution >= 0.6 is 0 Å². The molecule has 17 heteroatoms. The molecule has 2 aliphatic rings. The highest BCUT2D eigenvalue weighted by Crippen LogP contribution is 2.41. The molecule has 0 radical (unpaired) electrons. The topological polar surface area (TPSA) is 198 Å². The Morgan fingerprint density at radius 3 is 1.20 bits per heavy atom. The van der Waals surface area contributed by atoms with Crippen molar-refractivity contribution in [2.45, 2.75) is 0 Å². The summed E-state index contributed by atoms with van der Waals surface area (Å²) in [5.41, 5.74) is 2.55. The molecule has 0 N–H and O–H groups in total. The van der Waals surface area contributed by atoms with Gasteiger partial charge in [0.05, 0.1) is 78.4 Å². The average Bonchev–Trinajstić information content (AvgIpc) is 2.99. The van der Waals surface area contributed by atoms with Crippen molar-refractivity contribution >= 4 is 33.1 Å². The minimum Gasteiger partial charge on any atom is -0.759 e. The molecule has 16 nitrogen and oxygen atoms in total. The van der Waals surface area contributed by atoms with Gasteiger partial charge in [-0.05, 0) is 0 Å². The first kappa shape index (κ1) is 33.1. The summed E-state index contributed by atoms with van der Waals surface area (Å²) in [6, 6.07) is 6.95. The van der Waals surface area contributed by atoms with E-state index in [2.05, 4.69) is 19.8 Å². The van der Waals surface area contributed by atoms with E-state index in [0.717, 1.165) is 37.6 Å². The first-order chi connectivity index (χ1) is 19.6. The molecule has 0 spiro atoms. The second kappa shape index (κ2) is 16.2. The molecule has 41 heavy (non-hydrogen) atoms. The fourth-order valence-electron chi connectivity index (χ4n) is 3.99. The maximum atomic E-state index is 8.93. The van der Waals surface area contributed by atoms with Gasteiger partial charge in [-0.2, -0.15) is 0 Å². The summed E-state index contributed by atoms with van der Waals surface area (Å²) in [4.78, 5) is 10.7.